The third-order valence-electron chi connectivity index (χ3n) is 4.01. The zero-order valence-corrected chi connectivity index (χ0v) is 13.2. The average molecular weight is 261 g/mol. The Morgan fingerprint density at radius 1 is 0.895 bits per heavy atom. The number of hydrogen-bond donors (Lipinski definition) is 1. The lowest BCUT2D eigenvalue weighted by atomic mass is 9.88. The Kier molecular flexibility index (Phi) is 7.81. The van der Waals surface area contributed by atoms with Crippen LogP contribution in [-0.4, -0.2) is 6.54 Å². The Morgan fingerprint density at radius 3 is 2.00 bits per heavy atom. The Bertz CT molecular complexity index is 324. The van der Waals surface area contributed by atoms with E-state index in [0.29, 0.717) is 6.04 Å². The molecule has 0 fully saturated rings. The second-order valence-electron chi connectivity index (χ2n) is 5.50. The summed E-state index contributed by atoms with van der Waals surface area (Å²) in [5.41, 5.74) is 2.92. The number of hydrogen-bond acceptors (Lipinski definition) is 1. The largest absolute Gasteiger partial charge is 0.310 e. The molecule has 0 amide bonds. The van der Waals surface area contributed by atoms with Gasteiger partial charge in [-0.15, -0.1) is 0 Å². The fourth-order valence-corrected chi connectivity index (χ4v) is 2.80. The maximum absolute atomic E-state index is 3.74. The van der Waals surface area contributed by atoms with Crippen LogP contribution in [0.15, 0.2) is 24.3 Å². The molecule has 1 heteroatoms. The molecule has 0 saturated heterocycles. The van der Waals surface area contributed by atoms with Gasteiger partial charge < -0.3 is 5.32 Å². The summed E-state index contributed by atoms with van der Waals surface area (Å²) in [6.07, 6.45) is 6.11. The van der Waals surface area contributed by atoms with E-state index >= 15 is 0 Å². The van der Waals surface area contributed by atoms with Crippen LogP contribution >= 0.6 is 0 Å². The summed E-state index contributed by atoms with van der Waals surface area (Å²) in [5, 5.41) is 3.74. The molecule has 0 radical (unpaired) electrons. The van der Waals surface area contributed by atoms with Gasteiger partial charge in [0, 0.05) is 6.04 Å². The number of rotatable bonds is 9. The van der Waals surface area contributed by atoms with E-state index in [4.69, 9.17) is 0 Å². The van der Waals surface area contributed by atoms with Gasteiger partial charge in [-0.2, -0.15) is 0 Å². The van der Waals surface area contributed by atoms with E-state index in [-0.39, 0.29) is 0 Å². The first-order valence-corrected chi connectivity index (χ1v) is 8.08. The topological polar surface area (TPSA) is 12.0 Å². The van der Waals surface area contributed by atoms with Gasteiger partial charge in [-0.3, -0.25) is 0 Å². The molecule has 19 heavy (non-hydrogen) atoms. The summed E-state index contributed by atoms with van der Waals surface area (Å²) >= 11 is 0. The van der Waals surface area contributed by atoms with Gasteiger partial charge in [-0.1, -0.05) is 71.2 Å². The fourth-order valence-electron chi connectivity index (χ4n) is 2.80. The maximum Gasteiger partial charge on any atom is 0.0348 e. The van der Waals surface area contributed by atoms with Crippen molar-refractivity contribution >= 4 is 0 Å². The highest BCUT2D eigenvalue weighted by atomic mass is 14.9. The normalized spacial score (nSPS) is 12.9. The summed E-state index contributed by atoms with van der Waals surface area (Å²) in [5.74, 6) is 0.739. The molecule has 0 aromatic heterocycles. The van der Waals surface area contributed by atoms with Crippen molar-refractivity contribution in [2.24, 2.45) is 5.92 Å². The maximum atomic E-state index is 3.74. The van der Waals surface area contributed by atoms with Crippen LogP contribution in [0.25, 0.3) is 0 Å². The molecule has 1 unspecified atom stereocenters. The molecule has 0 heterocycles. The molecule has 108 valence electrons. The van der Waals surface area contributed by atoms with Crippen molar-refractivity contribution in [3.8, 4) is 0 Å². The van der Waals surface area contributed by atoms with E-state index in [2.05, 4.69) is 57.3 Å². The van der Waals surface area contributed by atoms with Crippen molar-refractivity contribution in [2.45, 2.75) is 65.8 Å². The quantitative estimate of drug-likeness (QED) is 0.651. The predicted octanol–water partition coefficient (Wildman–Crippen LogP) is 5.12. The van der Waals surface area contributed by atoms with Crippen LogP contribution in [0.3, 0.4) is 0 Å². The molecule has 1 aromatic rings. The second-order valence-corrected chi connectivity index (χ2v) is 5.50. The van der Waals surface area contributed by atoms with Crippen LogP contribution in [0.4, 0.5) is 0 Å². The van der Waals surface area contributed by atoms with Crippen LogP contribution in [0, 0.1) is 5.92 Å². The summed E-state index contributed by atoms with van der Waals surface area (Å²) < 4.78 is 0. The minimum atomic E-state index is 0.519. The Hall–Kier alpha value is -0.820. The fraction of sp³-hybridized carbons (Fsp3) is 0.667. The SMILES string of the molecule is CCCNC(c1ccc(CCC)cc1)C(CC)CC. The molecule has 1 nitrogen and oxygen atoms in total. The van der Waals surface area contributed by atoms with Crippen molar-refractivity contribution in [3.63, 3.8) is 0 Å². The Balaban J connectivity index is 2.83. The van der Waals surface area contributed by atoms with Crippen molar-refractivity contribution in [1.29, 1.82) is 0 Å². The Labute approximate surface area is 119 Å². The third kappa shape index (κ3) is 4.99. The van der Waals surface area contributed by atoms with Gasteiger partial charge in [0.2, 0.25) is 0 Å². The van der Waals surface area contributed by atoms with E-state index in [1.807, 2.05) is 0 Å². The molecule has 1 rings (SSSR count). The van der Waals surface area contributed by atoms with E-state index < -0.39 is 0 Å². The first-order valence-electron chi connectivity index (χ1n) is 8.08. The van der Waals surface area contributed by atoms with Crippen molar-refractivity contribution in [3.05, 3.63) is 35.4 Å². The average Bonchev–Trinajstić information content (AvgIpc) is 2.45. The summed E-state index contributed by atoms with van der Waals surface area (Å²) in [6.45, 7) is 10.2. The monoisotopic (exact) mass is 261 g/mol. The molecule has 1 atom stereocenters. The van der Waals surface area contributed by atoms with Gasteiger partial charge >= 0.3 is 0 Å². The van der Waals surface area contributed by atoms with Gasteiger partial charge in [0.25, 0.3) is 0 Å². The third-order valence-corrected chi connectivity index (χ3v) is 4.01. The van der Waals surface area contributed by atoms with Crippen LogP contribution in [0.5, 0.6) is 0 Å². The molecule has 0 saturated carbocycles. The molecule has 0 aliphatic heterocycles. The van der Waals surface area contributed by atoms with E-state index in [9.17, 15) is 0 Å². The van der Waals surface area contributed by atoms with Gasteiger partial charge in [0.15, 0.2) is 0 Å². The van der Waals surface area contributed by atoms with Crippen LogP contribution in [0.2, 0.25) is 0 Å². The van der Waals surface area contributed by atoms with Gasteiger partial charge in [0.05, 0.1) is 0 Å². The molecule has 0 spiro atoms. The van der Waals surface area contributed by atoms with Crippen LogP contribution in [0.1, 0.15) is 70.5 Å². The van der Waals surface area contributed by atoms with Gasteiger partial charge in [-0.05, 0) is 36.4 Å². The standard InChI is InChI=1S/C18H31N/c1-5-9-15-10-12-17(13-11-15)18(19-14-6-2)16(7-3)8-4/h10-13,16,18-19H,5-9,14H2,1-4H3. The van der Waals surface area contributed by atoms with Crippen molar-refractivity contribution in [2.75, 3.05) is 6.54 Å². The summed E-state index contributed by atoms with van der Waals surface area (Å²) in [4.78, 5) is 0. The first-order chi connectivity index (χ1) is 9.26. The number of nitrogens with one attached hydrogen (secondary N) is 1. The van der Waals surface area contributed by atoms with Crippen molar-refractivity contribution < 1.29 is 0 Å². The molecular weight excluding hydrogens is 230 g/mol. The lowest BCUT2D eigenvalue weighted by Gasteiger charge is -2.27. The van der Waals surface area contributed by atoms with Crippen LogP contribution in [-0.2, 0) is 6.42 Å². The number of benzene rings is 1. The second kappa shape index (κ2) is 9.14. The minimum absolute atomic E-state index is 0.519. The van der Waals surface area contributed by atoms with Crippen molar-refractivity contribution in [1.82, 2.24) is 5.32 Å². The molecule has 0 aliphatic rings. The molecular formula is C18H31N. The van der Waals surface area contributed by atoms with Crippen LogP contribution < -0.4 is 5.32 Å². The number of aryl methyl sites for hydroxylation is 1. The lowest BCUT2D eigenvalue weighted by molar-refractivity contribution is 0.341. The molecule has 1 aromatic carbocycles. The van der Waals surface area contributed by atoms with E-state index in [0.717, 1.165) is 12.5 Å². The zero-order chi connectivity index (χ0) is 14.1. The zero-order valence-electron chi connectivity index (χ0n) is 13.2. The van der Waals surface area contributed by atoms with E-state index in [1.165, 1.54) is 43.2 Å². The molecule has 0 bridgehead atoms. The van der Waals surface area contributed by atoms with E-state index in [1.54, 1.807) is 0 Å². The molecule has 1 N–H and O–H groups in total. The first kappa shape index (κ1) is 16.2. The summed E-state index contributed by atoms with van der Waals surface area (Å²) in [6, 6.07) is 9.79. The summed E-state index contributed by atoms with van der Waals surface area (Å²) in [7, 11) is 0. The van der Waals surface area contributed by atoms with Gasteiger partial charge in [0.1, 0.15) is 0 Å². The highest BCUT2D eigenvalue weighted by Crippen LogP contribution is 2.27. The lowest BCUT2D eigenvalue weighted by Crippen LogP contribution is -2.28. The predicted molar refractivity (Wildman–Crippen MR) is 85.5 cm³/mol. The highest BCUT2D eigenvalue weighted by Gasteiger charge is 2.19. The Morgan fingerprint density at radius 2 is 1.53 bits per heavy atom. The molecule has 0 aliphatic carbocycles. The highest BCUT2D eigenvalue weighted by molar-refractivity contribution is 5.25. The van der Waals surface area contributed by atoms with Gasteiger partial charge in [-0.25, -0.2) is 0 Å². The smallest absolute Gasteiger partial charge is 0.0348 e. The minimum Gasteiger partial charge on any atom is -0.310 e.